The molecule has 1 saturated heterocycles. The Morgan fingerprint density at radius 3 is 2.76 bits per heavy atom. The molecule has 0 aliphatic carbocycles. The van der Waals surface area contributed by atoms with Gasteiger partial charge in [-0.3, -0.25) is 4.90 Å². The minimum atomic E-state index is -0.127. The Kier molecular flexibility index (Phi) is 5.88. The first-order chi connectivity index (χ1) is 12.1. The van der Waals surface area contributed by atoms with Crippen molar-refractivity contribution >= 4 is 11.7 Å². The maximum Gasteiger partial charge on any atom is 0.314 e. The number of aromatic nitrogens is 2. The normalized spacial score (nSPS) is 21.4. The van der Waals surface area contributed by atoms with Gasteiger partial charge in [-0.05, 0) is 26.0 Å². The van der Waals surface area contributed by atoms with Gasteiger partial charge in [0.15, 0.2) is 0 Å². The molecule has 1 aliphatic heterocycles. The van der Waals surface area contributed by atoms with Crippen LogP contribution in [-0.2, 0) is 11.2 Å². The van der Waals surface area contributed by atoms with Gasteiger partial charge in [-0.25, -0.2) is 9.78 Å². The molecule has 0 unspecified atom stereocenters. The van der Waals surface area contributed by atoms with Gasteiger partial charge in [0, 0.05) is 51.5 Å². The first kappa shape index (κ1) is 17.7. The monoisotopic (exact) mass is 345 g/mol. The summed E-state index contributed by atoms with van der Waals surface area (Å²) in [5.41, 5.74) is 1.90. The molecule has 1 fully saturated rings. The fourth-order valence-corrected chi connectivity index (χ4v) is 3.27. The molecule has 1 aliphatic rings. The quantitative estimate of drug-likeness (QED) is 0.828. The molecule has 136 valence electrons. The fourth-order valence-electron chi connectivity index (χ4n) is 3.27. The Morgan fingerprint density at radius 2 is 2.00 bits per heavy atom. The molecule has 3 heterocycles. The Balaban J connectivity index is 1.33. The Labute approximate surface area is 148 Å². The van der Waals surface area contributed by atoms with Gasteiger partial charge in [-0.2, -0.15) is 0 Å². The van der Waals surface area contributed by atoms with Crippen molar-refractivity contribution in [2.24, 2.45) is 0 Å². The largest absolute Gasteiger partial charge is 0.373 e. The lowest BCUT2D eigenvalue weighted by atomic mass is 10.2. The van der Waals surface area contributed by atoms with E-state index in [1.54, 1.807) is 0 Å². The molecule has 2 aromatic rings. The van der Waals surface area contributed by atoms with Crippen molar-refractivity contribution in [3.05, 3.63) is 36.3 Å². The highest BCUT2D eigenvalue weighted by Crippen LogP contribution is 2.09. The number of nitrogens with zero attached hydrogens (tertiary/aromatic N) is 3. The molecule has 2 N–H and O–H groups in total. The first-order valence-electron chi connectivity index (χ1n) is 8.92. The number of ether oxygens (including phenoxy) is 1. The third-order valence-corrected chi connectivity index (χ3v) is 4.29. The number of hydrogen-bond donors (Lipinski definition) is 2. The van der Waals surface area contributed by atoms with Gasteiger partial charge in [0.25, 0.3) is 0 Å². The number of fused-ring (bicyclic) bond motifs is 1. The van der Waals surface area contributed by atoms with E-state index in [4.69, 9.17) is 4.74 Å². The molecule has 7 heteroatoms. The van der Waals surface area contributed by atoms with Crippen molar-refractivity contribution in [3.8, 4) is 0 Å². The van der Waals surface area contributed by atoms with Crippen molar-refractivity contribution in [2.75, 3.05) is 32.7 Å². The second-order valence-electron chi connectivity index (χ2n) is 6.65. The van der Waals surface area contributed by atoms with E-state index in [1.807, 2.05) is 35.0 Å². The first-order valence-corrected chi connectivity index (χ1v) is 8.92. The Bertz CT molecular complexity index is 659. The summed E-state index contributed by atoms with van der Waals surface area (Å²) >= 11 is 0. The minimum absolute atomic E-state index is 0.127. The molecule has 0 saturated carbocycles. The molecule has 0 bridgehead atoms. The van der Waals surface area contributed by atoms with Crippen molar-refractivity contribution in [1.82, 2.24) is 24.9 Å². The van der Waals surface area contributed by atoms with Crippen LogP contribution in [0.2, 0.25) is 0 Å². The molecular weight excluding hydrogens is 318 g/mol. The average molecular weight is 345 g/mol. The van der Waals surface area contributed by atoms with Gasteiger partial charge in [0.2, 0.25) is 0 Å². The standard InChI is InChI=1S/C18H27N5O2/c1-14-11-22(12-15(2)25-14)10-8-20-18(24)19-7-6-16-13-23-9-4-3-5-17(23)21-16/h3-5,9,13-15H,6-8,10-12H2,1-2H3,(H2,19,20,24)/t14-,15-/m0/s1. The molecular formula is C18H27N5O2. The molecule has 2 aromatic heterocycles. The number of urea groups is 1. The van der Waals surface area contributed by atoms with Crippen LogP contribution in [0.4, 0.5) is 4.79 Å². The van der Waals surface area contributed by atoms with Gasteiger partial charge >= 0.3 is 6.03 Å². The smallest absolute Gasteiger partial charge is 0.314 e. The Morgan fingerprint density at radius 1 is 1.24 bits per heavy atom. The molecule has 7 nitrogen and oxygen atoms in total. The van der Waals surface area contributed by atoms with Crippen LogP contribution < -0.4 is 10.6 Å². The van der Waals surface area contributed by atoms with Gasteiger partial charge in [-0.15, -0.1) is 0 Å². The summed E-state index contributed by atoms with van der Waals surface area (Å²) in [5.74, 6) is 0. The zero-order valence-electron chi connectivity index (χ0n) is 14.9. The number of imidazole rings is 1. The number of carbonyl (C=O) groups excluding carboxylic acids is 1. The number of carbonyl (C=O) groups is 1. The predicted molar refractivity (Wildman–Crippen MR) is 96.7 cm³/mol. The lowest BCUT2D eigenvalue weighted by molar-refractivity contribution is -0.0672. The number of pyridine rings is 1. The number of amides is 2. The number of nitrogens with one attached hydrogen (secondary N) is 2. The number of hydrogen-bond acceptors (Lipinski definition) is 4. The van der Waals surface area contributed by atoms with Crippen LogP contribution in [0.1, 0.15) is 19.5 Å². The van der Waals surface area contributed by atoms with E-state index in [0.29, 0.717) is 19.5 Å². The van der Waals surface area contributed by atoms with Crippen LogP contribution >= 0.6 is 0 Å². The average Bonchev–Trinajstić information content (AvgIpc) is 2.96. The number of morpholine rings is 1. The highest BCUT2D eigenvalue weighted by atomic mass is 16.5. The van der Waals surface area contributed by atoms with E-state index in [9.17, 15) is 4.79 Å². The molecule has 2 atom stereocenters. The fraction of sp³-hybridized carbons (Fsp3) is 0.556. The van der Waals surface area contributed by atoms with Crippen LogP contribution in [-0.4, -0.2) is 65.2 Å². The second kappa shape index (κ2) is 8.31. The van der Waals surface area contributed by atoms with Gasteiger partial charge in [-0.1, -0.05) is 6.07 Å². The lowest BCUT2D eigenvalue weighted by Crippen LogP contribution is -2.48. The Hall–Kier alpha value is -2.12. The molecule has 25 heavy (non-hydrogen) atoms. The molecule has 0 radical (unpaired) electrons. The van der Waals surface area contributed by atoms with E-state index in [0.717, 1.165) is 31.0 Å². The van der Waals surface area contributed by atoms with Crippen molar-refractivity contribution in [1.29, 1.82) is 0 Å². The summed E-state index contributed by atoms with van der Waals surface area (Å²) in [6.07, 6.45) is 5.19. The van der Waals surface area contributed by atoms with Gasteiger partial charge in [0.1, 0.15) is 5.65 Å². The topological polar surface area (TPSA) is 70.9 Å². The molecule has 3 rings (SSSR count). The van der Waals surface area contributed by atoms with Crippen LogP contribution in [0.3, 0.4) is 0 Å². The van der Waals surface area contributed by atoms with Crippen LogP contribution in [0.5, 0.6) is 0 Å². The summed E-state index contributed by atoms with van der Waals surface area (Å²) in [4.78, 5) is 18.7. The predicted octanol–water partition coefficient (Wildman–Crippen LogP) is 1.29. The maximum atomic E-state index is 11.9. The summed E-state index contributed by atoms with van der Waals surface area (Å²) in [6.45, 7) is 8.06. The lowest BCUT2D eigenvalue weighted by Gasteiger charge is -2.35. The van der Waals surface area contributed by atoms with Crippen molar-refractivity contribution in [2.45, 2.75) is 32.5 Å². The van der Waals surface area contributed by atoms with Crippen LogP contribution in [0, 0.1) is 0 Å². The summed E-state index contributed by atoms with van der Waals surface area (Å²) in [5, 5.41) is 5.80. The highest BCUT2D eigenvalue weighted by molar-refractivity contribution is 5.73. The highest BCUT2D eigenvalue weighted by Gasteiger charge is 2.21. The van der Waals surface area contributed by atoms with E-state index in [-0.39, 0.29) is 18.2 Å². The summed E-state index contributed by atoms with van der Waals surface area (Å²) in [7, 11) is 0. The summed E-state index contributed by atoms with van der Waals surface area (Å²) in [6, 6.07) is 5.78. The van der Waals surface area contributed by atoms with Crippen LogP contribution in [0.25, 0.3) is 5.65 Å². The van der Waals surface area contributed by atoms with E-state index >= 15 is 0 Å². The van der Waals surface area contributed by atoms with E-state index in [1.165, 1.54) is 0 Å². The summed E-state index contributed by atoms with van der Waals surface area (Å²) < 4.78 is 7.70. The second-order valence-corrected chi connectivity index (χ2v) is 6.65. The SMILES string of the molecule is C[C@H]1CN(CCNC(=O)NCCc2cn3ccccc3n2)C[C@H](C)O1. The molecule has 0 spiro atoms. The molecule has 2 amide bonds. The minimum Gasteiger partial charge on any atom is -0.373 e. The van der Waals surface area contributed by atoms with E-state index in [2.05, 4.69) is 34.4 Å². The molecule has 0 aromatic carbocycles. The van der Waals surface area contributed by atoms with Crippen LogP contribution in [0.15, 0.2) is 30.6 Å². The number of rotatable bonds is 6. The van der Waals surface area contributed by atoms with Crippen molar-refractivity contribution in [3.63, 3.8) is 0 Å². The van der Waals surface area contributed by atoms with Crippen molar-refractivity contribution < 1.29 is 9.53 Å². The van der Waals surface area contributed by atoms with Gasteiger partial charge in [0.05, 0.1) is 17.9 Å². The zero-order chi connectivity index (χ0) is 17.6. The third-order valence-electron chi connectivity index (χ3n) is 4.29. The van der Waals surface area contributed by atoms with E-state index < -0.39 is 0 Å². The van der Waals surface area contributed by atoms with Gasteiger partial charge < -0.3 is 19.8 Å². The zero-order valence-corrected chi connectivity index (χ0v) is 14.9. The maximum absolute atomic E-state index is 11.9. The third kappa shape index (κ3) is 5.17.